The van der Waals surface area contributed by atoms with Crippen LogP contribution in [0.25, 0.3) is 16.7 Å². The lowest BCUT2D eigenvalue weighted by atomic mass is 10.2. The van der Waals surface area contributed by atoms with Gasteiger partial charge in [-0.25, -0.2) is 9.48 Å². The van der Waals surface area contributed by atoms with E-state index in [2.05, 4.69) is 25.0 Å². The van der Waals surface area contributed by atoms with Crippen molar-refractivity contribution in [2.75, 3.05) is 18.0 Å². The minimum Gasteiger partial charge on any atom is -0.370 e. The molecule has 4 rings (SSSR count). The Morgan fingerprint density at radius 1 is 1.00 bits per heavy atom. The molecule has 0 amide bonds. The summed E-state index contributed by atoms with van der Waals surface area (Å²) in [5.41, 5.74) is 3.38. The van der Waals surface area contributed by atoms with Gasteiger partial charge in [0.2, 0.25) is 0 Å². The Bertz CT molecular complexity index is 1470. The number of aromatic nitrogens is 4. The van der Waals surface area contributed by atoms with Crippen LogP contribution in [-0.2, 0) is 0 Å². The van der Waals surface area contributed by atoms with Gasteiger partial charge in [0.05, 0.1) is 38.0 Å². The summed E-state index contributed by atoms with van der Waals surface area (Å²) in [6.07, 6.45) is 1.50. The van der Waals surface area contributed by atoms with Crippen molar-refractivity contribution in [1.82, 2.24) is 19.7 Å². The fourth-order valence-corrected chi connectivity index (χ4v) is 4.72. The van der Waals surface area contributed by atoms with Crippen LogP contribution in [0, 0.1) is 6.92 Å². The van der Waals surface area contributed by atoms with Crippen LogP contribution in [-0.4, -0.2) is 39.1 Å². The summed E-state index contributed by atoms with van der Waals surface area (Å²) >= 11 is 18.6. The summed E-state index contributed by atoms with van der Waals surface area (Å²) in [6, 6.07) is 6.70. The summed E-state index contributed by atoms with van der Waals surface area (Å²) in [7, 11) is 0. The Hall–Kier alpha value is -2.94. The molecule has 3 N–H and O–H groups in total. The van der Waals surface area contributed by atoms with E-state index in [1.54, 1.807) is 13.0 Å². The van der Waals surface area contributed by atoms with Crippen LogP contribution >= 0.6 is 34.8 Å². The molecule has 0 saturated carbocycles. The SMILES string of the molecule is CCN(CC)c1cc2[nH]c(=O)[nH]c2cc1N=Cc1c(C)[nH]n(-c2c(Cl)cc(Cl)cc2Cl)c1=O. The first-order valence-electron chi connectivity index (χ1n) is 10.2. The third-order valence-corrected chi connectivity index (χ3v) is 6.16. The third-order valence-electron chi connectivity index (χ3n) is 5.37. The molecule has 172 valence electrons. The quantitative estimate of drug-likeness (QED) is 0.313. The molecule has 0 bridgehead atoms. The maximum absolute atomic E-state index is 13.2. The number of anilines is 1. The molecule has 0 fully saturated rings. The highest BCUT2D eigenvalue weighted by molar-refractivity contribution is 6.40. The second kappa shape index (κ2) is 9.13. The molecular formula is C22H21Cl3N6O2. The van der Waals surface area contributed by atoms with E-state index < -0.39 is 0 Å². The molecule has 0 aliphatic rings. The number of rotatable bonds is 6. The summed E-state index contributed by atoms with van der Waals surface area (Å²) in [5.74, 6) is 0. The van der Waals surface area contributed by atoms with Crippen LogP contribution in [0.5, 0.6) is 0 Å². The van der Waals surface area contributed by atoms with E-state index in [0.29, 0.717) is 38.7 Å². The van der Waals surface area contributed by atoms with Gasteiger partial charge in [0.25, 0.3) is 5.56 Å². The fourth-order valence-electron chi connectivity index (χ4n) is 3.73. The van der Waals surface area contributed by atoms with Crippen molar-refractivity contribution < 1.29 is 0 Å². The van der Waals surface area contributed by atoms with Crippen molar-refractivity contribution in [3.8, 4) is 5.69 Å². The Morgan fingerprint density at radius 2 is 1.61 bits per heavy atom. The molecule has 4 aromatic rings. The van der Waals surface area contributed by atoms with Crippen molar-refractivity contribution in [1.29, 1.82) is 0 Å². The summed E-state index contributed by atoms with van der Waals surface area (Å²) in [5, 5.41) is 3.85. The van der Waals surface area contributed by atoms with E-state index in [-0.39, 0.29) is 21.3 Å². The van der Waals surface area contributed by atoms with Gasteiger partial charge >= 0.3 is 5.69 Å². The zero-order chi connectivity index (χ0) is 23.9. The van der Waals surface area contributed by atoms with Crippen LogP contribution in [0.3, 0.4) is 0 Å². The lowest BCUT2D eigenvalue weighted by molar-refractivity contribution is 0.835. The molecule has 33 heavy (non-hydrogen) atoms. The van der Waals surface area contributed by atoms with Crippen LogP contribution in [0.4, 0.5) is 11.4 Å². The second-order valence-corrected chi connectivity index (χ2v) is 8.66. The topological polar surface area (TPSA) is 102 Å². The van der Waals surface area contributed by atoms with E-state index in [0.717, 1.165) is 18.8 Å². The third kappa shape index (κ3) is 4.34. The maximum atomic E-state index is 13.2. The summed E-state index contributed by atoms with van der Waals surface area (Å²) < 4.78 is 1.27. The van der Waals surface area contributed by atoms with Gasteiger partial charge < -0.3 is 14.9 Å². The minimum atomic E-state index is -0.358. The van der Waals surface area contributed by atoms with E-state index in [1.165, 1.54) is 23.0 Å². The molecule has 2 aromatic carbocycles. The van der Waals surface area contributed by atoms with Crippen molar-refractivity contribution in [2.24, 2.45) is 4.99 Å². The van der Waals surface area contributed by atoms with Crippen LogP contribution in [0.2, 0.25) is 15.1 Å². The molecule has 8 nitrogen and oxygen atoms in total. The molecule has 0 aliphatic heterocycles. The number of hydrogen-bond acceptors (Lipinski definition) is 4. The lowest BCUT2D eigenvalue weighted by Crippen LogP contribution is -2.22. The number of H-pyrrole nitrogens is 3. The van der Waals surface area contributed by atoms with Crippen molar-refractivity contribution in [3.05, 3.63) is 71.4 Å². The van der Waals surface area contributed by atoms with Crippen molar-refractivity contribution >= 4 is 63.4 Å². The van der Waals surface area contributed by atoms with E-state index in [4.69, 9.17) is 34.8 Å². The monoisotopic (exact) mass is 506 g/mol. The molecule has 0 atom stereocenters. The number of halogens is 3. The number of nitrogens with zero attached hydrogens (tertiary/aromatic N) is 3. The average molecular weight is 508 g/mol. The first kappa shape index (κ1) is 23.2. The highest BCUT2D eigenvalue weighted by Crippen LogP contribution is 2.33. The van der Waals surface area contributed by atoms with Crippen molar-refractivity contribution in [2.45, 2.75) is 20.8 Å². The highest BCUT2D eigenvalue weighted by Gasteiger charge is 2.17. The largest absolute Gasteiger partial charge is 0.370 e. The van der Waals surface area contributed by atoms with Gasteiger partial charge in [-0.2, -0.15) is 0 Å². The first-order valence-corrected chi connectivity index (χ1v) is 11.4. The van der Waals surface area contributed by atoms with Gasteiger partial charge in [-0.3, -0.25) is 14.9 Å². The number of aryl methyl sites for hydroxylation is 1. The molecule has 0 saturated heterocycles. The highest BCUT2D eigenvalue weighted by atomic mass is 35.5. The molecular weight excluding hydrogens is 487 g/mol. The zero-order valence-electron chi connectivity index (χ0n) is 18.1. The minimum absolute atomic E-state index is 0.241. The average Bonchev–Trinajstić information content (AvgIpc) is 3.24. The second-order valence-electron chi connectivity index (χ2n) is 7.41. The van der Waals surface area contributed by atoms with Crippen LogP contribution in [0.15, 0.2) is 38.8 Å². The number of benzene rings is 2. The van der Waals surface area contributed by atoms with Gasteiger partial charge in [-0.1, -0.05) is 34.8 Å². The van der Waals surface area contributed by atoms with E-state index in [1.807, 2.05) is 19.9 Å². The Morgan fingerprint density at radius 3 is 2.21 bits per heavy atom. The molecule has 0 aliphatic carbocycles. The predicted molar refractivity (Wildman–Crippen MR) is 136 cm³/mol. The van der Waals surface area contributed by atoms with Gasteiger partial charge in [0, 0.05) is 30.0 Å². The number of aliphatic imine (C=N–C) groups is 1. The Balaban J connectivity index is 1.83. The van der Waals surface area contributed by atoms with Gasteiger partial charge in [-0.15, -0.1) is 0 Å². The van der Waals surface area contributed by atoms with Crippen molar-refractivity contribution in [3.63, 3.8) is 0 Å². The first-order chi connectivity index (χ1) is 15.7. The predicted octanol–water partition coefficient (Wildman–Crippen LogP) is 5.20. The normalized spacial score (nSPS) is 11.7. The Labute approximate surface area is 203 Å². The molecule has 0 unspecified atom stereocenters. The summed E-state index contributed by atoms with van der Waals surface area (Å²) in [4.78, 5) is 37.2. The van der Waals surface area contributed by atoms with Crippen LogP contribution < -0.4 is 16.1 Å². The van der Waals surface area contributed by atoms with E-state index >= 15 is 0 Å². The number of hydrogen-bond donors (Lipinski definition) is 3. The molecule has 2 aromatic heterocycles. The zero-order valence-corrected chi connectivity index (χ0v) is 20.4. The number of imidazole rings is 1. The number of fused-ring (bicyclic) bond motifs is 1. The van der Waals surface area contributed by atoms with Gasteiger partial charge in [0.15, 0.2) is 0 Å². The molecule has 0 radical (unpaired) electrons. The Kier molecular flexibility index (Phi) is 6.43. The van der Waals surface area contributed by atoms with Crippen LogP contribution in [0.1, 0.15) is 25.1 Å². The number of nitrogens with one attached hydrogen (secondary N) is 3. The van der Waals surface area contributed by atoms with E-state index in [9.17, 15) is 9.59 Å². The standard InChI is InChI=1S/C22H21Cl3N6O2/c1-4-30(5-2)19-9-17-16(27-22(33)28-17)8-18(19)26-10-13-11(3)29-31(21(13)32)20-14(24)6-12(23)7-15(20)25/h6-10,29H,4-5H2,1-3H3,(H2,27,28,33). The lowest BCUT2D eigenvalue weighted by Gasteiger charge is -2.22. The number of aromatic amines is 3. The van der Waals surface area contributed by atoms with Gasteiger partial charge in [-0.05, 0) is 45.0 Å². The summed E-state index contributed by atoms with van der Waals surface area (Å²) in [6.45, 7) is 7.34. The molecule has 2 heterocycles. The maximum Gasteiger partial charge on any atom is 0.323 e. The fraction of sp³-hybridized carbons (Fsp3) is 0.227. The smallest absolute Gasteiger partial charge is 0.323 e. The molecule has 11 heteroatoms. The molecule has 0 spiro atoms. The van der Waals surface area contributed by atoms with Gasteiger partial charge in [0.1, 0.15) is 5.69 Å².